The van der Waals surface area contributed by atoms with Crippen LogP contribution in [0.15, 0.2) is 65.0 Å². The Labute approximate surface area is 221 Å². The molecular formula is C30H32FNO6. The summed E-state index contributed by atoms with van der Waals surface area (Å²) in [4.78, 5) is 27.4. The van der Waals surface area contributed by atoms with Crippen molar-refractivity contribution in [3.05, 3.63) is 81.9 Å². The maximum Gasteiger partial charge on any atom is 0.336 e. The number of hydrogen-bond donors (Lipinski definition) is 1. The van der Waals surface area contributed by atoms with Gasteiger partial charge in [0.15, 0.2) is 5.78 Å². The summed E-state index contributed by atoms with van der Waals surface area (Å²) < 4.78 is 36.1. The van der Waals surface area contributed by atoms with Crippen LogP contribution >= 0.6 is 0 Å². The molecular weight excluding hydrogens is 489 g/mol. The zero-order valence-corrected chi connectivity index (χ0v) is 21.8. The summed E-state index contributed by atoms with van der Waals surface area (Å²) in [6, 6.07) is 11.6. The van der Waals surface area contributed by atoms with Crippen LogP contribution in [0.5, 0.6) is 11.5 Å². The second-order valence-electron chi connectivity index (χ2n) is 9.91. The molecule has 2 heterocycles. The summed E-state index contributed by atoms with van der Waals surface area (Å²) in [6.07, 6.45) is 2.45. The van der Waals surface area contributed by atoms with E-state index in [1.54, 1.807) is 44.6 Å². The van der Waals surface area contributed by atoms with Crippen molar-refractivity contribution in [3.63, 3.8) is 0 Å². The molecule has 0 saturated carbocycles. The fourth-order valence-electron chi connectivity index (χ4n) is 5.68. The van der Waals surface area contributed by atoms with Crippen LogP contribution in [0.4, 0.5) is 4.39 Å². The van der Waals surface area contributed by atoms with Crippen molar-refractivity contribution < 1.29 is 32.9 Å². The molecule has 3 atom stereocenters. The molecule has 0 amide bonds. The van der Waals surface area contributed by atoms with E-state index in [9.17, 15) is 14.0 Å². The number of carbonyl (C=O) groups is 2. The lowest BCUT2D eigenvalue weighted by molar-refractivity contribution is -0.142. The molecule has 1 saturated heterocycles. The molecule has 8 heteroatoms. The second-order valence-corrected chi connectivity index (χ2v) is 9.91. The monoisotopic (exact) mass is 521 g/mol. The number of nitrogens with one attached hydrogen (secondary N) is 1. The number of esters is 1. The van der Waals surface area contributed by atoms with Crippen LogP contribution in [0.25, 0.3) is 0 Å². The van der Waals surface area contributed by atoms with Gasteiger partial charge >= 0.3 is 5.97 Å². The van der Waals surface area contributed by atoms with E-state index in [2.05, 4.69) is 5.32 Å². The fourth-order valence-corrected chi connectivity index (χ4v) is 5.68. The molecule has 1 N–H and O–H groups in total. The number of methoxy groups -OCH3 is 2. The molecule has 5 rings (SSSR count). The predicted molar refractivity (Wildman–Crippen MR) is 138 cm³/mol. The van der Waals surface area contributed by atoms with Gasteiger partial charge in [-0.2, -0.15) is 0 Å². The van der Waals surface area contributed by atoms with E-state index >= 15 is 0 Å². The summed E-state index contributed by atoms with van der Waals surface area (Å²) in [6.45, 7) is 2.64. The first-order chi connectivity index (χ1) is 18.4. The minimum Gasteiger partial charge on any atom is -0.497 e. The number of allylic oxidation sites excluding steroid dienone is 3. The number of benzene rings is 2. The Balaban J connectivity index is 1.56. The molecule has 0 unspecified atom stereocenters. The highest BCUT2D eigenvalue weighted by Gasteiger charge is 2.42. The zero-order chi connectivity index (χ0) is 26.8. The van der Waals surface area contributed by atoms with Crippen LogP contribution in [-0.2, 0) is 19.1 Å². The molecule has 0 spiro atoms. The Morgan fingerprint density at radius 2 is 1.89 bits per heavy atom. The minimum absolute atomic E-state index is 0.0834. The van der Waals surface area contributed by atoms with E-state index in [1.165, 1.54) is 12.1 Å². The first-order valence-electron chi connectivity index (χ1n) is 12.9. The molecule has 0 aromatic heterocycles. The van der Waals surface area contributed by atoms with Crippen molar-refractivity contribution in [3.8, 4) is 11.5 Å². The largest absolute Gasteiger partial charge is 0.497 e. The molecule has 3 aliphatic rings. The lowest BCUT2D eigenvalue weighted by atomic mass is 9.71. The molecule has 200 valence electrons. The molecule has 38 heavy (non-hydrogen) atoms. The SMILES string of the molecule is COc1ccc(OC)c([C@@H]2C(C(=O)OC[C@H]3CCCO3)=C(C)NC3=C2C(=O)C[C@@H](c2ccc(F)cc2)C3)c1. The number of carbonyl (C=O) groups excluding carboxylic acids is 2. The summed E-state index contributed by atoms with van der Waals surface area (Å²) in [5.74, 6) is -0.589. The summed E-state index contributed by atoms with van der Waals surface area (Å²) in [5, 5.41) is 3.34. The van der Waals surface area contributed by atoms with Gasteiger partial charge in [-0.05, 0) is 68.0 Å². The van der Waals surface area contributed by atoms with Gasteiger partial charge in [0.25, 0.3) is 0 Å². The quantitative estimate of drug-likeness (QED) is 0.518. The Morgan fingerprint density at radius 3 is 2.58 bits per heavy atom. The average molecular weight is 522 g/mol. The van der Waals surface area contributed by atoms with E-state index in [-0.39, 0.29) is 36.7 Å². The molecule has 2 aliphatic heterocycles. The molecule has 1 aliphatic carbocycles. The van der Waals surface area contributed by atoms with Gasteiger partial charge in [-0.25, -0.2) is 9.18 Å². The average Bonchev–Trinajstić information content (AvgIpc) is 3.44. The van der Waals surface area contributed by atoms with Crippen molar-refractivity contribution in [1.82, 2.24) is 5.32 Å². The highest BCUT2D eigenvalue weighted by molar-refractivity contribution is 6.04. The minimum atomic E-state index is -0.699. The Morgan fingerprint density at radius 1 is 1.11 bits per heavy atom. The molecule has 7 nitrogen and oxygen atoms in total. The van der Waals surface area contributed by atoms with Crippen molar-refractivity contribution in [2.75, 3.05) is 27.4 Å². The van der Waals surface area contributed by atoms with Gasteiger partial charge in [0, 0.05) is 35.6 Å². The Bertz CT molecular complexity index is 1290. The van der Waals surface area contributed by atoms with Crippen LogP contribution in [-0.4, -0.2) is 45.3 Å². The Hall–Kier alpha value is -3.65. The summed E-state index contributed by atoms with van der Waals surface area (Å²) in [7, 11) is 3.12. The maximum atomic E-state index is 13.8. The van der Waals surface area contributed by atoms with Gasteiger partial charge in [0.1, 0.15) is 23.9 Å². The lowest BCUT2D eigenvalue weighted by Gasteiger charge is -2.37. The first kappa shape index (κ1) is 26.0. The van der Waals surface area contributed by atoms with Crippen LogP contribution < -0.4 is 14.8 Å². The van der Waals surface area contributed by atoms with Crippen LogP contribution in [0.2, 0.25) is 0 Å². The number of Topliss-reactive ketones (excluding diaryl/α,β-unsaturated/α-hetero) is 1. The van der Waals surface area contributed by atoms with E-state index in [0.29, 0.717) is 46.9 Å². The van der Waals surface area contributed by atoms with Gasteiger partial charge < -0.3 is 24.3 Å². The number of ether oxygens (including phenoxy) is 4. The number of hydrogen-bond acceptors (Lipinski definition) is 7. The third-order valence-corrected chi connectivity index (χ3v) is 7.56. The number of dihydropyridines is 1. The van der Waals surface area contributed by atoms with Crippen LogP contribution in [0.1, 0.15) is 55.6 Å². The molecule has 0 radical (unpaired) electrons. The zero-order valence-electron chi connectivity index (χ0n) is 21.8. The van der Waals surface area contributed by atoms with Gasteiger partial charge in [-0.1, -0.05) is 12.1 Å². The maximum absolute atomic E-state index is 13.8. The first-order valence-corrected chi connectivity index (χ1v) is 12.9. The standard InChI is InChI=1S/C30H32FNO6/c1-17-27(30(34)38-16-22-5-4-12-37-22)28(23-15-21(35-2)10-11-26(23)36-3)29-24(32-17)13-19(14-25(29)33)18-6-8-20(31)9-7-18/h6-11,15,19,22,28,32H,4-5,12-14,16H2,1-3H3/t19-,22+,28+/m0/s1. The topological polar surface area (TPSA) is 83.1 Å². The van der Waals surface area contributed by atoms with Crippen LogP contribution in [0, 0.1) is 5.82 Å². The normalized spacial score (nSPS) is 23.2. The predicted octanol–water partition coefficient (Wildman–Crippen LogP) is 4.93. The van der Waals surface area contributed by atoms with E-state index < -0.39 is 11.9 Å². The van der Waals surface area contributed by atoms with Crippen molar-refractivity contribution in [2.45, 2.75) is 50.5 Å². The third-order valence-electron chi connectivity index (χ3n) is 7.56. The second kappa shape index (κ2) is 11.0. The summed E-state index contributed by atoms with van der Waals surface area (Å²) >= 11 is 0. The molecule has 1 fully saturated rings. The smallest absolute Gasteiger partial charge is 0.336 e. The van der Waals surface area contributed by atoms with E-state index in [1.807, 2.05) is 6.92 Å². The van der Waals surface area contributed by atoms with Crippen molar-refractivity contribution in [1.29, 1.82) is 0 Å². The third kappa shape index (κ3) is 5.05. The van der Waals surface area contributed by atoms with Crippen molar-refractivity contribution in [2.24, 2.45) is 0 Å². The van der Waals surface area contributed by atoms with E-state index in [4.69, 9.17) is 18.9 Å². The molecule has 0 bridgehead atoms. The van der Waals surface area contributed by atoms with Crippen molar-refractivity contribution >= 4 is 11.8 Å². The number of rotatable bonds is 7. The van der Waals surface area contributed by atoms with Gasteiger partial charge in [0.05, 0.1) is 31.8 Å². The molecule has 2 aromatic carbocycles. The molecule has 2 aromatic rings. The Kier molecular flexibility index (Phi) is 7.51. The lowest BCUT2D eigenvalue weighted by Crippen LogP contribution is -2.36. The van der Waals surface area contributed by atoms with E-state index in [0.717, 1.165) is 24.1 Å². The van der Waals surface area contributed by atoms with Crippen LogP contribution in [0.3, 0.4) is 0 Å². The number of ketones is 1. The van der Waals surface area contributed by atoms with Gasteiger partial charge in [0.2, 0.25) is 0 Å². The fraction of sp³-hybridized carbons (Fsp3) is 0.400. The number of halogens is 1. The van der Waals surface area contributed by atoms with Gasteiger partial charge in [-0.3, -0.25) is 4.79 Å². The van der Waals surface area contributed by atoms with Gasteiger partial charge in [-0.15, -0.1) is 0 Å². The highest BCUT2D eigenvalue weighted by Crippen LogP contribution is 2.48. The highest BCUT2D eigenvalue weighted by atomic mass is 19.1. The summed E-state index contributed by atoms with van der Waals surface area (Å²) in [5.41, 5.74) is 3.79.